The summed E-state index contributed by atoms with van der Waals surface area (Å²) in [4.78, 5) is 14.1. The van der Waals surface area contributed by atoms with Crippen LogP contribution < -0.4 is 13.8 Å². The average Bonchev–Trinajstić information content (AvgIpc) is 2.87. The minimum Gasteiger partial charge on any atom is -0.486 e. The van der Waals surface area contributed by atoms with E-state index in [0.29, 0.717) is 37.6 Å². The molecule has 0 unspecified atom stereocenters. The van der Waals surface area contributed by atoms with Crippen molar-refractivity contribution in [3.8, 4) is 11.5 Å². The molecule has 0 aromatic heterocycles. The highest BCUT2D eigenvalue weighted by Gasteiger charge is 2.32. The van der Waals surface area contributed by atoms with Crippen molar-refractivity contribution in [1.82, 2.24) is 0 Å². The van der Waals surface area contributed by atoms with Gasteiger partial charge in [-0.25, -0.2) is 13.2 Å². The molecule has 0 aliphatic carbocycles. The number of hydrogen-bond donors (Lipinski definition) is 0. The Morgan fingerprint density at radius 1 is 0.971 bits per heavy atom. The quantitative estimate of drug-likeness (QED) is 0.479. The topological polar surface area (TPSA) is 82.1 Å². The van der Waals surface area contributed by atoms with Crippen molar-refractivity contribution < 1.29 is 27.4 Å². The molecule has 34 heavy (non-hydrogen) atoms. The van der Waals surface area contributed by atoms with Gasteiger partial charge in [-0.1, -0.05) is 30.0 Å². The first-order valence-electron chi connectivity index (χ1n) is 10.9. The van der Waals surface area contributed by atoms with Gasteiger partial charge in [-0.15, -0.1) is 0 Å². The molecule has 0 atom stereocenters. The van der Waals surface area contributed by atoms with E-state index in [9.17, 15) is 13.2 Å². The first kappa shape index (κ1) is 22.6. The highest BCUT2D eigenvalue weighted by Crippen LogP contribution is 2.40. The van der Waals surface area contributed by atoms with E-state index >= 15 is 0 Å². The summed E-state index contributed by atoms with van der Waals surface area (Å²) < 4.78 is 44.9. The summed E-state index contributed by atoms with van der Waals surface area (Å²) in [5, 5.41) is 0. The van der Waals surface area contributed by atoms with Gasteiger partial charge in [0.1, 0.15) is 18.1 Å². The molecule has 0 fully saturated rings. The van der Waals surface area contributed by atoms with Crippen LogP contribution in [0.2, 0.25) is 0 Å². The Hall–Kier alpha value is -3.17. The molecule has 0 saturated carbocycles. The number of benzene rings is 3. The lowest BCUT2D eigenvalue weighted by molar-refractivity contribution is 0.0596. The summed E-state index contributed by atoms with van der Waals surface area (Å²) in [7, 11) is -2.74. The van der Waals surface area contributed by atoms with Crippen LogP contribution in [0.3, 0.4) is 0 Å². The van der Waals surface area contributed by atoms with Crippen LogP contribution in [0.15, 0.2) is 75.4 Å². The lowest BCUT2D eigenvalue weighted by atomic mass is 10.0. The van der Waals surface area contributed by atoms with E-state index in [1.54, 1.807) is 12.1 Å². The number of methoxy groups -OCH3 is 1. The molecular weight excluding hydrogens is 474 g/mol. The highest BCUT2D eigenvalue weighted by molar-refractivity contribution is 7.99. The Kier molecular flexibility index (Phi) is 6.14. The summed E-state index contributed by atoms with van der Waals surface area (Å²) in [5.41, 5.74) is 1.62. The second-order valence-electron chi connectivity index (χ2n) is 7.87. The van der Waals surface area contributed by atoms with Gasteiger partial charge in [0.05, 0.1) is 18.4 Å². The maximum absolute atomic E-state index is 13.7. The summed E-state index contributed by atoms with van der Waals surface area (Å²) in [6.45, 7) is 1.39. The van der Waals surface area contributed by atoms with Crippen LogP contribution in [0.5, 0.6) is 11.5 Å². The van der Waals surface area contributed by atoms with E-state index < -0.39 is 16.0 Å². The van der Waals surface area contributed by atoms with Gasteiger partial charge in [0, 0.05) is 16.3 Å². The van der Waals surface area contributed by atoms with Crippen LogP contribution >= 0.6 is 11.8 Å². The van der Waals surface area contributed by atoms with Crippen LogP contribution in [0.25, 0.3) is 0 Å². The molecule has 0 N–H and O–H groups in total. The highest BCUT2D eigenvalue weighted by atomic mass is 32.2. The number of anilines is 1. The fourth-order valence-corrected chi connectivity index (χ4v) is 6.74. The molecule has 3 aromatic rings. The van der Waals surface area contributed by atoms with Gasteiger partial charge in [0.25, 0.3) is 10.0 Å². The number of rotatable bonds is 5. The van der Waals surface area contributed by atoms with E-state index in [0.717, 1.165) is 27.5 Å². The zero-order valence-corrected chi connectivity index (χ0v) is 20.2. The first-order chi connectivity index (χ1) is 16.5. The molecule has 176 valence electrons. The van der Waals surface area contributed by atoms with Crippen LogP contribution in [0.1, 0.15) is 22.3 Å². The first-order valence-corrected chi connectivity index (χ1v) is 13.1. The van der Waals surface area contributed by atoms with Crippen molar-refractivity contribution in [2.75, 3.05) is 31.2 Å². The normalized spacial score (nSPS) is 14.9. The number of aryl methyl sites for hydroxylation is 1. The number of carbonyl (C=O) groups is 1. The third-order valence-electron chi connectivity index (χ3n) is 5.74. The van der Waals surface area contributed by atoms with E-state index in [4.69, 9.17) is 14.2 Å². The third-order valence-corrected chi connectivity index (χ3v) is 8.59. The molecule has 2 aliphatic heterocycles. The average molecular weight is 498 g/mol. The van der Waals surface area contributed by atoms with Crippen molar-refractivity contribution in [1.29, 1.82) is 0 Å². The Labute approximate surface area is 202 Å². The molecule has 7 nitrogen and oxygen atoms in total. The lowest BCUT2D eigenvalue weighted by Crippen LogP contribution is -2.36. The van der Waals surface area contributed by atoms with Crippen molar-refractivity contribution in [2.24, 2.45) is 0 Å². The van der Waals surface area contributed by atoms with E-state index in [2.05, 4.69) is 0 Å². The van der Waals surface area contributed by atoms with Crippen LogP contribution in [-0.2, 0) is 21.2 Å². The van der Waals surface area contributed by atoms with Crippen molar-refractivity contribution >= 4 is 33.4 Å². The SMILES string of the molecule is COC(=O)c1ccccc1S(=O)(=O)N1CCCc2ccc(Sc3ccc4c(c3)OCCO4)cc21. The summed E-state index contributed by atoms with van der Waals surface area (Å²) >= 11 is 1.52. The van der Waals surface area contributed by atoms with E-state index in [1.807, 2.05) is 36.4 Å². The number of nitrogens with zero attached hydrogens (tertiary/aromatic N) is 1. The van der Waals surface area contributed by atoms with Gasteiger partial charge in [0.2, 0.25) is 0 Å². The largest absolute Gasteiger partial charge is 0.486 e. The summed E-state index contributed by atoms with van der Waals surface area (Å²) in [5.74, 6) is 0.750. The molecule has 2 aliphatic rings. The van der Waals surface area contributed by atoms with E-state index in [1.165, 1.54) is 35.3 Å². The van der Waals surface area contributed by atoms with Crippen LogP contribution in [0, 0.1) is 0 Å². The molecule has 5 rings (SSSR count). The standard InChI is InChI=1S/C25H23NO6S2/c1-30-25(27)20-6-2-3-7-24(20)34(28,29)26-12-4-5-17-8-9-18(15-21(17)26)33-19-10-11-22-23(16-19)32-14-13-31-22/h2-3,6-11,15-16H,4-5,12-14H2,1H3. The van der Waals surface area contributed by atoms with E-state index in [-0.39, 0.29) is 10.5 Å². The molecule has 0 bridgehead atoms. The summed E-state index contributed by atoms with van der Waals surface area (Å²) in [6.07, 6.45) is 1.48. The molecule has 0 radical (unpaired) electrons. The third kappa shape index (κ3) is 4.21. The zero-order chi connectivity index (χ0) is 23.7. The molecule has 0 amide bonds. The number of carbonyl (C=O) groups excluding carboxylic acids is 1. The predicted octanol–water partition coefficient (Wildman–Crippen LogP) is 4.54. The molecule has 3 aromatic carbocycles. The Morgan fingerprint density at radius 2 is 1.71 bits per heavy atom. The van der Waals surface area contributed by atoms with Gasteiger partial charge < -0.3 is 14.2 Å². The number of ether oxygens (including phenoxy) is 3. The lowest BCUT2D eigenvalue weighted by Gasteiger charge is -2.31. The number of fused-ring (bicyclic) bond motifs is 2. The van der Waals surface area contributed by atoms with Crippen molar-refractivity contribution in [3.05, 3.63) is 71.8 Å². The number of esters is 1. The van der Waals surface area contributed by atoms with Gasteiger partial charge in [-0.05, 0) is 60.9 Å². The fourth-order valence-electron chi connectivity index (χ4n) is 4.15. The Morgan fingerprint density at radius 3 is 2.53 bits per heavy atom. The van der Waals surface area contributed by atoms with Crippen molar-refractivity contribution in [2.45, 2.75) is 27.5 Å². The minimum absolute atomic E-state index is 0.0268. The smallest absolute Gasteiger partial charge is 0.339 e. The van der Waals surface area contributed by atoms with Crippen LogP contribution in [-0.4, -0.2) is 41.3 Å². The summed E-state index contributed by atoms with van der Waals surface area (Å²) in [6, 6.07) is 17.8. The maximum Gasteiger partial charge on any atom is 0.339 e. The van der Waals surface area contributed by atoms with Gasteiger partial charge in [0.15, 0.2) is 11.5 Å². The monoisotopic (exact) mass is 497 g/mol. The fraction of sp³-hybridized carbons (Fsp3) is 0.240. The Balaban J connectivity index is 1.49. The Bertz CT molecular complexity index is 1360. The molecule has 0 spiro atoms. The number of sulfonamides is 1. The van der Waals surface area contributed by atoms with Gasteiger partial charge in [-0.2, -0.15) is 0 Å². The molecular formula is C25H23NO6S2. The van der Waals surface area contributed by atoms with Crippen molar-refractivity contribution in [3.63, 3.8) is 0 Å². The second-order valence-corrected chi connectivity index (χ2v) is 10.8. The molecule has 0 saturated heterocycles. The number of hydrogen-bond acceptors (Lipinski definition) is 7. The minimum atomic E-state index is -3.98. The second kappa shape index (κ2) is 9.23. The zero-order valence-electron chi connectivity index (χ0n) is 18.5. The van der Waals surface area contributed by atoms with Gasteiger partial charge >= 0.3 is 5.97 Å². The predicted molar refractivity (Wildman–Crippen MR) is 129 cm³/mol. The molecule has 9 heteroatoms. The van der Waals surface area contributed by atoms with Crippen LogP contribution in [0.4, 0.5) is 5.69 Å². The molecule has 2 heterocycles. The van der Waals surface area contributed by atoms with Gasteiger partial charge in [-0.3, -0.25) is 4.31 Å². The maximum atomic E-state index is 13.7.